The molecular formula is CH5GaO3Zr. The molecule has 0 unspecified atom stereocenters. The third kappa shape index (κ3) is 110. The van der Waals surface area contributed by atoms with E-state index in [1.807, 2.05) is 0 Å². The second kappa shape index (κ2) is 9.25. The smallest absolute Gasteiger partial charge is 0 e. The number of hydrogen-bond donors (Lipinski definition) is 2. The first-order chi connectivity index (χ1) is 1.73. The van der Waals surface area contributed by atoms with Crippen LogP contribution >= 0.6 is 0 Å². The van der Waals surface area contributed by atoms with Crippen LogP contribution in [0, 0.1) is 0 Å². The third-order valence-electron chi connectivity index (χ3n) is 0. The van der Waals surface area contributed by atoms with Crippen molar-refractivity contribution < 1.29 is 41.2 Å². The van der Waals surface area contributed by atoms with Crippen LogP contribution in [-0.2, 0) is 26.2 Å². The summed E-state index contributed by atoms with van der Waals surface area (Å²) in [5, 5.41) is 13.9. The third-order valence-corrected chi connectivity index (χ3v) is 0. The molecule has 0 saturated heterocycles. The summed E-state index contributed by atoms with van der Waals surface area (Å²) in [6.07, 6.45) is -1.83. The fraction of sp³-hybridized carbons (Fsp3) is 0. The first-order valence-electron chi connectivity index (χ1n) is 0.651. The van der Waals surface area contributed by atoms with Gasteiger partial charge in [0, 0.05) is 26.2 Å². The molecular weight excluding hydrogens is 221 g/mol. The molecule has 0 aromatic heterocycles. The molecule has 0 aliphatic heterocycles. The summed E-state index contributed by atoms with van der Waals surface area (Å²) in [5.41, 5.74) is 0. The minimum absolute atomic E-state index is 0. The Hall–Kier alpha value is 0.789. The molecule has 6 heavy (non-hydrogen) atoms. The standard InChI is InChI=1S/CH2O3.Ga.Zr.3H/c2-1(3)4;;;;;/h(H2,2,3,4);;;;;. The van der Waals surface area contributed by atoms with Crippen molar-refractivity contribution in [3.8, 4) is 0 Å². The fourth-order valence-electron chi connectivity index (χ4n) is 0. The molecule has 0 saturated carbocycles. The molecule has 0 rings (SSSR count). The van der Waals surface area contributed by atoms with E-state index in [2.05, 4.69) is 0 Å². The van der Waals surface area contributed by atoms with E-state index in [-0.39, 0.29) is 46.0 Å². The first-order valence-corrected chi connectivity index (χ1v) is 0.651. The van der Waals surface area contributed by atoms with Gasteiger partial charge in [0.1, 0.15) is 0 Å². The second-order valence-corrected chi connectivity index (χ2v) is 0.283. The normalized spacial score (nSPS) is 4.00. The summed E-state index contributed by atoms with van der Waals surface area (Å²) in [6, 6.07) is 0. The molecule has 0 fully saturated rings. The Morgan fingerprint density at radius 3 is 1.33 bits per heavy atom. The number of rotatable bonds is 0. The van der Waals surface area contributed by atoms with Crippen molar-refractivity contribution in [3.05, 3.63) is 0 Å². The molecule has 0 spiro atoms. The van der Waals surface area contributed by atoms with Crippen LogP contribution in [0.3, 0.4) is 0 Å². The summed E-state index contributed by atoms with van der Waals surface area (Å²) < 4.78 is 0. The monoisotopic (exact) mass is 224 g/mol. The van der Waals surface area contributed by atoms with E-state index in [9.17, 15) is 0 Å². The minimum Gasteiger partial charge on any atom is 0 e. The van der Waals surface area contributed by atoms with Crippen molar-refractivity contribution in [3.63, 3.8) is 0 Å². The van der Waals surface area contributed by atoms with Crippen molar-refractivity contribution in [1.82, 2.24) is 0 Å². The quantitative estimate of drug-likeness (QED) is 0.523. The van der Waals surface area contributed by atoms with Crippen LogP contribution in [0.4, 0.5) is 4.79 Å². The molecule has 0 aromatic rings. The van der Waals surface area contributed by atoms with E-state index >= 15 is 0 Å². The number of hydrogen-bond acceptors (Lipinski definition) is 1. The summed E-state index contributed by atoms with van der Waals surface area (Å²) in [7, 11) is 0. The van der Waals surface area contributed by atoms with Crippen LogP contribution in [0.2, 0.25) is 0 Å². The Balaban J connectivity index is -0.0000000450. The molecule has 0 radical (unpaired) electrons. The zero-order valence-corrected chi connectivity index (χ0v) is 4.76. The molecule has 0 heterocycles. The average molecular weight is 226 g/mol. The SMILES string of the molecule is O=C(O)O.[GaH3].[Zr]. The predicted molar refractivity (Wildman–Crippen MR) is 20.6 cm³/mol. The number of carboxylic acid groups (broad SMARTS) is 2. The topological polar surface area (TPSA) is 57.5 Å². The van der Waals surface area contributed by atoms with E-state index < -0.39 is 6.16 Å². The zero-order chi connectivity index (χ0) is 3.58. The Bertz CT molecular complexity index is 33.8. The second-order valence-electron chi connectivity index (χ2n) is 0.283. The van der Waals surface area contributed by atoms with Crippen molar-refractivity contribution in [2.24, 2.45) is 0 Å². The molecule has 2 N–H and O–H groups in total. The van der Waals surface area contributed by atoms with Gasteiger partial charge in [0.05, 0.1) is 0 Å². The molecule has 0 aliphatic carbocycles. The van der Waals surface area contributed by atoms with Gasteiger partial charge < -0.3 is 10.2 Å². The van der Waals surface area contributed by atoms with Crippen LogP contribution in [-0.4, -0.2) is 36.2 Å². The first kappa shape index (κ1) is 15.8. The number of carbonyl (C=O) groups is 1. The Morgan fingerprint density at radius 2 is 1.33 bits per heavy atom. The van der Waals surface area contributed by atoms with E-state index in [1.54, 1.807) is 0 Å². The summed E-state index contributed by atoms with van der Waals surface area (Å²) in [4.78, 5) is 8.56. The Labute approximate surface area is 66.9 Å². The van der Waals surface area contributed by atoms with Gasteiger partial charge in [-0.15, -0.1) is 0 Å². The van der Waals surface area contributed by atoms with Gasteiger partial charge in [-0.3, -0.25) is 0 Å². The van der Waals surface area contributed by atoms with Gasteiger partial charge in [0.15, 0.2) is 0 Å². The average Bonchev–Trinajstić information content (AvgIpc) is 0.811. The summed E-state index contributed by atoms with van der Waals surface area (Å²) in [6.45, 7) is 0. The maximum absolute atomic E-state index is 8.56. The van der Waals surface area contributed by atoms with Crippen LogP contribution in [0.15, 0.2) is 0 Å². The van der Waals surface area contributed by atoms with Crippen LogP contribution in [0.1, 0.15) is 0 Å². The zero-order valence-electron chi connectivity index (χ0n) is 2.30. The fourth-order valence-corrected chi connectivity index (χ4v) is 0. The van der Waals surface area contributed by atoms with Gasteiger partial charge in [0.25, 0.3) is 0 Å². The Morgan fingerprint density at radius 1 is 1.33 bits per heavy atom. The summed E-state index contributed by atoms with van der Waals surface area (Å²) in [5.74, 6) is 0. The van der Waals surface area contributed by atoms with E-state index in [4.69, 9.17) is 15.0 Å². The predicted octanol–water partition coefficient (Wildman–Crippen LogP) is -0.964. The van der Waals surface area contributed by atoms with Crippen molar-refractivity contribution >= 4 is 25.9 Å². The largest absolute Gasteiger partial charge is 0 e. The summed E-state index contributed by atoms with van der Waals surface area (Å²) >= 11 is 0. The molecule has 5 heteroatoms. The van der Waals surface area contributed by atoms with Crippen molar-refractivity contribution in [1.29, 1.82) is 0 Å². The van der Waals surface area contributed by atoms with Crippen LogP contribution < -0.4 is 0 Å². The van der Waals surface area contributed by atoms with Gasteiger partial charge in [-0.2, -0.15) is 0 Å². The maximum atomic E-state index is 8.56. The van der Waals surface area contributed by atoms with Crippen LogP contribution in [0.5, 0.6) is 0 Å². The molecule has 0 aliphatic rings. The molecule has 0 aromatic carbocycles. The Kier molecular flexibility index (Phi) is 24.4. The van der Waals surface area contributed by atoms with E-state index in [0.717, 1.165) is 0 Å². The van der Waals surface area contributed by atoms with Gasteiger partial charge in [-0.05, 0) is 0 Å². The van der Waals surface area contributed by atoms with Crippen molar-refractivity contribution in [2.75, 3.05) is 0 Å². The molecule has 0 amide bonds. The molecule has 0 atom stereocenters. The van der Waals surface area contributed by atoms with Crippen molar-refractivity contribution in [2.45, 2.75) is 0 Å². The van der Waals surface area contributed by atoms with Gasteiger partial charge in [0.2, 0.25) is 0 Å². The van der Waals surface area contributed by atoms with Gasteiger partial charge >= 0.3 is 25.9 Å². The van der Waals surface area contributed by atoms with Gasteiger partial charge in [-0.1, -0.05) is 0 Å². The maximum Gasteiger partial charge on any atom is 0 e. The van der Waals surface area contributed by atoms with Gasteiger partial charge in [-0.25, -0.2) is 4.79 Å². The van der Waals surface area contributed by atoms with Crippen LogP contribution in [0.25, 0.3) is 0 Å². The molecule has 3 nitrogen and oxygen atoms in total. The minimum atomic E-state index is -1.83. The molecule has 34 valence electrons. The van der Waals surface area contributed by atoms with E-state index in [0.29, 0.717) is 0 Å². The van der Waals surface area contributed by atoms with E-state index in [1.165, 1.54) is 0 Å². The molecule has 0 bridgehead atoms.